The normalized spacial score (nSPS) is 15.0. The Balaban J connectivity index is 1.60. The SMILES string of the molecule is COc1cccc(OC)c1/C=C/C(=O)NCc1ccc(S(=O)(=O)N2CCCCC2)cc1. The highest BCUT2D eigenvalue weighted by atomic mass is 32.2. The summed E-state index contributed by atoms with van der Waals surface area (Å²) in [6, 6.07) is 12.0. The smallest absolute Gasteiger partial charge is 0.244 e. The van der Waals surface area contributed by atoms with E-state index < -0.39 is 10.0 Å². The Morgan fingerprint density at radius 3 is 2.19 bits per heavy atom. The van der Waals surface area contributed by atoms with Crippen LogP contribution in [0.1, 0.15) is 30.4 Å². The van der Waals surface area contributed by atoms with E-state index in [1.54, 1.807) is 61.0 Å². The number of nitrogens with one attached hydrogen (secondary N) is 1. The lowest BCUT2D eigenvalue weighted by Crippen LogP contribution is -2.35. The molecule has 0 saturated carbocycles. The minimum atomic E-state index is -3.45. The predicted octanol–water partition coefficient (Wildman–Crippen LogP) is 3.21. The zero-order valence-electron chi connectivity index (χ0n) is 17.8. The first-order valence-electron chi connectivity index (χ1n) is 10.2. The summed E-state index contributed by atoms with van der Waals surface area (Å²) in [6.07, 6.45) is 5.93. The Hall–Kier alpha value is -2.84. The molecule has 2 aromatic carbocycles. The van der Waals surface area contributed by atoms with Crippen LogP contribution in [0.2, 0.25) is 0 Å². The van der Waals surface area contributed by atoms with E-state index in [-0.39, 0.29) is 17.3 Å². The molecule has 8 heteroatoms. The molecule has 7 nitrogen and oxygen atoms in total. The average Bonchev–Trinajstić information content (AvgIpc) is 2.81. The van der Waals surface area contributed by atoms with Gasteiger partial charge in [-0.15, -0.1) is 0 Å². The van der Waals surface area contributed by atoms with E-state index in [9.17, 15) is 13.2 Å². The summed E-state index contributed by atoms with van der Waals surface area (Å²) in [5, 5.41) is 2.80. The highest BCUT2D eigenvalue weighted by molar-refractivity contribution is 7.89. The number of amides is 1. The molecule has 1 saturated heterocycles. The summed E-state index contributed by atoms with van der Waals surface area (Å²) in [5.41, 5.74) is 1.49. The van der Waals surface area contributed by atoms with Gasteiger partial charge in [0.25, 0.3) is 0 Å². The highest BCUT2D eigenvalue weighted by Crippen LogP contribution is 2.29. The summed E-state index contributed by atoms with van der Waals surface area (Å²) in [6.45, 7) is 1.43. The molecule has 1 heterocycles. The van der Waals surface area contributed by atoms with Gasteiger partial charge in [-0.2, -0.15) is 4.31 Å². The molecule has 0 aromatic heterocycles. The van der Waals surface area contributed by atoms with Crippen LogP contribution in [0, 0.1) is 0 Å². The second kappa shape index (κ2) is 10.5. The van der Waals surface area contributed by atoms with Gasteiger partial charge in [-0.25, -0.2) is 8.42 Å². The van der Waals surface area contributed by atoms with Gasteiger partial charge in [0, 0.05) is 25.7 Å². The number of carbonyl (C=O) groups excluding carboxylic acids is 1. The summed E-state index contributed by atoms with van der Waals surface area (Å²) in [4.78, 5) is 12.5. The van der Waals surface area contributed by atoms with E-state index in [0.717, 1.165) is 24.8 Å². The van der Waals surface area contributed by atoms with Crippen molar-refractivity contribution >= 4 is 22.0 Å². The van der Waals surface area contributed by atoms with Gasteiger partial charge in [0.1, 0.15) is 11.5 Å². The third-order valence-electron chi connectivity index (χ3n) is 5.21. The molecule has 1 amide bonds. The van der Waals surface area contributed by atoms with E-state index in [0.29, 0.717) is 30.2 Å². The second-order valence-electron chi connectivity index (χ2n) is 7.24. The van der Waals surface area contributed by atoms with Gasteiger partial charge in [-0.3, -0.25) is 4.79 Å². The maximum absolute atomic E-state index is 12.7. The molecule has 2 aromatic rings. The maximum Gasteiger partial charge on any atom is 0.244 e. The number of hydrogen-bond acceptors (Lipinski definition) is 5. The largest absolute Gasteiger partial charge is 0.496 e. The van der Waals surface area contributed by atoms with Crippen LogP contribution < -0.4 is 14.8 Å². The molecular weight excluding hydrogens is 416 g/mol. The van der Waals surface area contributed by atoms with Crippen molar-refractivity contribution in [3.8, 4) is 11.5 Å². The highest BCUT2D eigenvalue weighted by Gasteiger charge is 2.25. The Morgan fingerprint density at radius 2 is 1.61 bits per heavy atom. The van der Waals surface area contributed by atoms with Crippen molar-refractivity contribution in [3.05, 3.63) is 59.7 Å². The molecule has 166 valence electrons. The first-order chi connectivity index (χ1) is 15.0. The summed E-state index contributed by atoms with van der Waals surface area (Å²) in [7, 11) is -0.338. The van der Waals surface area contributed by atoms with Crippen molar-refractivity contribution in [2.45, 2.75) is 30.7 Å². The van der Waals surface area contributed by atoms with Gasteiger partial charge in [0.15, 0.2) is 0 Å². The Kier molecular flexibility index (Phi) is 7.70. The molecule has 0 radical (unpaired) electrons. The lowest BCUT2D eigenvalue weighted by atomic mass is 10.1. The van der Waals surface area contributed by atoms with Gasteiger partial charge >= 0.3 is 0 Å². The summed E-state index contributed by atoms with van der Waals surface area (Å²) < 4.78 is 37.6. The van der Waals surface area contributed by atoms with Crippen LogP contribution in [0.15, 0.2) is 53.4 Å². The minimum Gasteiger partial charge on any atom is -0.496 e. The molecular formula is C23H28N2O5S. The molecule has 1 fully saturated rings. The number of nitrogens with zero attached hydrogens (tertiary/aromatic N) is 1. The van der Waals surface area contributed by atoms with Gasteiger partial charge in [-0.05, 0) is 48.7 Å². The van der Waals surface area contributed by atoms with Crippen molar-refractivity contribution in [1.29, 1.82) is 0 Å². The van der Waals surface area contributed by atoms with E-state index in [1.807, 2.05) is 6.07 Å². The Labute approximate surface area is 183 Å². The zero-order valence-corrected chi connectivity index (χ0v) is 18.7. The van der Waals surface area contributed by atoms with Gasteiger partial charge in [0.2, 0.25) is 15.9 Å². The van der Waals surface area contributed by atoms with Crippen LogP contribution in [0.5, 0.6) is 11.5 Å². The third kappa shape index (κ3) is 5.65. The quantitative estimate of drug-likeness (QED) is 0.632. The minimum absolute atomic E-state index is 0.280. The van der Waals surface area contributed by atoms with Crippen molar-refractivity contribution in [2.75, 3.05) is 27.3 Å². The van der Waals surface area contributed by atoms with Crippen molar-refractivity contribution < 1.29 is 22.7 Å². The first kappa shape index (κ1) is 22.8. The van der Waals surface area contributed by atoms with E-state index in [2.05, 4.69) is 5.32 Å². The summed E-state index contributed by atoms with van der Waals surface area (Å²) >= 11 is 0. The lowest BCUT2D eigenvalue weighted by molar-refractivity contribution is -0.116. The fraction of sp³-hybridized carbons (Fsp3) is 0.348. The number of sulfonamides is 1. The number of carbonyl (C=O) groups is 1. The number of methoxy groups -OCH3 is 2. The van der Waals surface area contributed by atoms with Crippen LogP contribution in [0.4, 0.5) is 0 Å². The number of ether oxygens (including phenoxy) is 2. The van der Waals surface area contributed by atoms with E-state index in [4.69, 9.17) is 9.47 Å². The molecule has 0 unspecified atom stereocenters. The topological polar surface area (TPSA) is 84.9 Å². The molecule has 0 spiro atoms. The lowest BCUT2D eigenvalue weighted by Gasteiger charge is -2.25. The number of benzene rings is 2. The predicted molar refractivity (Wildman–Crippen MR) is 119 cm³/mol. The number of piperidine rings is 1. The van der Waals surface area contributed by atoms with Gasteiger partial charge in [-0.1, -0.05) is 24.6 Å². The van der Waals surface area contributed by atoms with Crippen LogP contribution in [-0.4, -0.2) is 45.9 Å². The van der Waals surface area contributed by atoms with Crippen LogP contribution in [-0.2, 0) is 21.4 Å². The molecule has 3 rings (SSSR count). The fourth-order valence-electron chi connectivity index (χ4n) is 3.48. The Bertz CT molecular complexity index is 1000. The van der Waals surface area contributed by atoms with Crippen LogP contribution in [0.25, 0.3) is 6.08 Å². The zero-order chi connectivity index (χ0) is 22.3. The monoisotopic (exact) mass is 444 g/mol. The molecule has 31 heavy (non-hydrogen) atoms. The molecule has 1 aliphatic heterocycles. The fourth-order valence-corrected chi connectivity index (χ4v) is 5.00. The molecule has 1 N–H and O–H groups in total. The van der Waals surface area contributed by atoms with Crippen molar-refractivity contribution in [2.24, 2.45) is 0 Å². The van der Waals surface area contributed by atoms with Crippen LogP contribution >= 0.6 is 0 Å². The molecule has 1 aliphatic rings. The molecule has 0 atom stereocenters. The average molecular weight is 445 g/mol. The Morgan fingerprint density at radius 1 is 1.00 bits per heavy atom. The number of rotatable bonds is 8. The summed E-state index contributed by atoms with van der Waals surface area (Å²) in [5.74, 6) is 0.931. The van der Waals surface area contributed by atoms with E-state index >= 15 is 0 Å². The van der Waals surface area contributed by atoms with Crippen molar-refractivity contribution in [3.63, 3.8) is 0 Å². The van der Waals surface area contributed by atoms with Gasteiger partial charge in [0.05, 0.1) is 24.7 Å². The number of hydrogen-bond donors (Lipinski definition) is 1. The van der Waals surface area contributed by atoms with Gasteiger partial charge < -0.3 is 14.8 Å². The van der Waals surface area contributed by atoms with E-state index in [1.165, 1.54) is 6.08 Å². The molecule has 0 bridgehead atoms. The third-order valence-corrected chi connectivity index (χ3v) is 7.12. The first-order valence-corrected chi connectivity index (χ1v) is 11.7. The molecule has 0 aliphatic carbocycles. The maximum atomic E-state index is 12.7. The standard InChI is InChI=1S/C23H28N2O5S/c1-29-21-7-6-8-22(30-2)20(21)13-14-23(26)24-17-18-9-11-19(12-10-18)31(27,28)25-15-4-3-5-16-25/h6-14H,3-5,15-17H2,1-2H3,(H,24,26)/b14-13+. The van der Waals surface area contributed by atoms with Crippen molar-refractivity contribution in [1.82, 2.24) is 9.62 Å². The second-order valence-corrected chi connectivity index (χ2v) is 9.17. The van der Waals surface area contributed by atoms with Crippen LogP contribution in [0.3, 0.4) is 0 Å².